The van der Waals surface area contributed by atoms with Crippen LogP contribution in [0, 0.1) is 6.92 Å². The monoisotopic (exact) mass is 325 g/mol. The van der Waals surface area contributed by atoms with Gasteiger partial charge in [-0.05, 0) is 44.0 Å². The maximum Gasteiger partial charge on any atom is 0.246 e. The van der Waals surface area contributed by atoms with Crippen LogP contribution in [-0.4, -0.2) is 16.1 Å². The number of hydrogen-bond acceptors (Lipinski definition) is 4. The molecule has 0 radical (unpaired) electrons. The van der Waals surface area contributed by atoms with Crippen LogP contribution in [0.5, 0.6) is 0 Å². The normalized spacial score (nSPS) is 23.8. The van der Waals surface area contributed by atoms with E-state index in [4.69, 9.17) is 0 Å². The van der Waals surface area contributed by atoms with Crippen molar-refractivity contribution in [2.75, 3.05) is 0 Å². The molecule has 4 nitrogen and oxygen atoms in total. The Morgan fingerprint density at radius 3 is 2.48 bits per heavy atom. The summed E-state index contributed by atoms with van der Waals surface area (Å²) in [5.41, 5.74) is 3.29. The largest absolute Gasteiger partial charge is 0.304 e. The Balaban J connectivity index is 1.83. The number of nitrogens with one attached hydrogen (secondary N) is 1. The summed E-state index contributed by atoms with van der Waals surface area (Å²) in [6, 6.07) is 12.1. The number of aromatic nitrogens is 1. The van der Waals surface area contributed by atoms with E-state index < -0.39 is 4.75 Å². The van der Waals surface area contributed by atoms with Crippen molar-refractivity contribution >= 4 is 22.8 Å². The van der Waals surface area contributed by atoms with Crippen LogP contribution in [0.25, 0.3) is 0 Å². The predicted molar refractivity (Wildman–Crippen MR) is 94.4 cm³/mol. The highest BCUT2D eigenvalue weighted by atomic mass is 32.2. The number of carbonyl (C=O) groups excluding carboxylic acids is 1. The molecule has 1 amide bonds. The van der Waals surface area contributed by atoms with E-state index in [0.29, 0.717) is 5.17 Å². The number of amidine groups is 1. The topological polar surface area (TPSA) is 54.4 Å². The number of aliphatic imine (C=N–C) groups is 1. The average molecular weight is 325 g/mol. The van der Waals surface area contributed by atoms with Gasteiger partial charge in [0.05, 0.1) is 6.04 Å². The Labute approximate surface area is 140 Å². The minimum absolute atomic E-state index is 0.00168. The van der Waals surface area contributed by atoms with E-state index in [0.717, 1.165) is 11.1 Å². The summed E-state index contributed by atoms with van der Waals surface area (Å²) in [5, 5.41) is 3.58. The highest BCUT2D eigenvalue weighted by Crippen LogP contribution is 2.41. The lowest BCUT2D eigenvalue weighted by Crippen LogP contribution is -2.31. The smallest absolute Gasteiger partial charge is 0.246 e. The van der Waals surface area contributed by atoms with Crippen molar-refractivity contribution in [1.29, 1.82) is 0 Å². The van der Waals surface area contributed by atoms with Crippen LogP contribution in [0.4, 0.5) is 0 Å². The van der Waals surface area contributed by atoms with Gasteiger partial charge in [0, 0.05) is 12.4 Å². The molecule has 2 atom stereocenters. The molecule has 1 aliphatic rings. The van der Waals surface area contributed by atoms with E-state index in [1.807, 2.05) is 26.0 Å². The minimum atomic E-state index is -0.658. The van der Waals surface area contributed by atoms with E-state index in [1.54, 1.807) is 12.4 Å². The Morgan fingerprint density at radius 2 is 1.83 bits per heavy atom. The van der Waals surface area contributed by atoms with Gasteiger partial charge in [-0.15, -0.1) is 0 Å². The molecule has 0 bridgehead atoms. The standard InChI is InChI=1S/C18H19N3OS/c1-12-4-6-14(7-5-12)13(2)20-17-21-16(22)18(3,23-17)15-8-10-19-11-9-15/h4-11,13H,1-3H3,(H,20,21,22)/t13-,18+/m1/s1. The quantitative estimate of drug-likeness (QED) is 0.938. The molecule has 0 saturated carbocycles. The zero-order chi connectivity index (χ0) is 16.4. The molecule has 1 aliphatic heterocycles. The average Bonchev–Trinajstić information content (AvgIpc) is 2.84. The van der Waals surface area contributed by atoms with Crippen LogP contribution in [0.1, 0.15) is 36.6 Å². The number of nitrogens with zero attached hydrogens (tertiary/aromatic N) is 2. The number of amides is 1. The van der Waals surface area contributed by atoms with Gasteiger partial charge in [-0.2, -0.15) is 0 Å². The first-order valence-corrected chi connectivity index (χ1v) is 8.36. The first-order chi connectivity index (χ1) is 11.0. The maximum absolute atomic E-state index is 12.4. The third-order valence-corrected chi connectivity index (χ3v) is 5.29. The van der Waals surface area contributed by atoms with Gasteiger partial charge < -0.3 is 5.32 Å². The van der Waals surface area contributed by atoms with Crippen molar-refractivity contribution in [3.8, 4) is 0 Å². The molecule has 0 aliphatic carbocycles. The van der Waals surface area contributed by atoms with Crippen molar-refractivity contribution in [3.05, 3.63) is 65.5 Å². The minimum Gasteiger partial charge on any atom is -0.304 e. The fraction of sp³-hybridized carbons (Fsp3) is 0.278. The van der Waals surface area contributed by atoms with E-state index in [2.05, 4.69) is 46.5 Å². The molecule has 1 fully saturated rings. The van der Waals surface area contributed by atoms with Crippen LogP contribution in [0.2, 0.25) is 0 Å². The second-order valence-electron chi connectivity index (χ2n) is 5.85. The summed E-state index contributed by atoms with van der Waals surface area (Å²) in [4.78, 5) is 21.1. The number of pyridine rings is 1. The van der Waals surface area contributed by atoms with Crippen molar-refractivity contribution in [3.63, 3.8) is 0 Å². The summed E-state index contributed by atoms with van der Waals surface area (Å²) in [7, 11) is 0. The highest BCUT2D eigenvalue weighted by Gasteiger charge is 2.44. The second kappa shape index (κ2) is 6.16. The summed E-state index contributed by atoms with van der Waals surface area (Å²) in [6.45, 7) is 6.02. The molecule has 1 saturated heterocycles. The molecule has 1 aromatic carbocycles. The molecule has 0 spiro atoms. The van der Waals surface area contributed by atoms with E-state index in [9.17, 15) is 4.79 Å². The van der Waals surface area contributed by atoms with Crippen LogP contribution in [0.3, 0.4) is 0 Å². The summed E-state index contributed by atoms with van der Waals surface area (Å²) in [5.74, 6) is -0.0384. The maximum atomic E-state index is 12.4. The molecule has 1 aromatic heterocycles. The molecule has 2 aromatic rings. The molecule has 2 heterocycles. The zero-order valence-electron chi connectivity index (χ0n) is 13.4. The number of carbonyl (C=O) groups is 1. The van der Waals surface area contributed by atoms with Crippen molar-refractivity contribution < 1.29 is 4.79 Å². The number of rotatable bonds is 3. The second-order valence-corrected chi connectivity index (χ2v) is 7.25. The van der Waals surface area contributed by atoms with Crippen LogP contribution in [0.15, 0.2) is 53.8 Å². The Morgan fingerprint density at radius 1 is 1.17 bits per heavy atom. The molecular weight excluding hydrogens is 306 g/mol. The van der Waals surface area contributed by atoms with Crippen LogP contribution in [-0.2, 0) is 9.54 Å². The molecule has 0 unspecified atom stereocenters. The Hall–Kier alpha value is -2.14. The fourth-order valence-electron chi connectivity index (χ4n) is 2.50. The lowest BCUT2D eigenvalue weighted by Gasteiger charge is -2.18. The molecule has 23 heavy (non-hydrogen) atoms. The van der Waals surface area contributed by atoms with Gasteiger partial charge >= 0.3 is 0 Å². The summed E-state index contributed by atoms with van der Waals surface area (Å²) >= 11 is 1.46. The first kappa shape index (κ1) is 15.7. The van der Waals surface area contributed by atoms with Crippen molar-refractivity contribution in [2.24, 2.45) is 4.99 Å². The van der Waals surface area contributed by atoms with Gasteiger partial charge in [0.2, 0.25) is 5.91 Å². The van der Waals surface area contributed by atoms with Gasteiger partial charge in [-0.3, -0.25) is 14.8 Å². The predicted octanol–water partition coefficient (Wildman–Crippen LogP) is 3.59. The van der Waals surface area contributed by atoms with Gasteiger partial charge in [0.15, 0.2) is 5.17 Å². The number of aryl methyl sites for hydroxylation is 1. The molecular formula is C18H19N3OS. The molecule has 118 valence electrons. The Kier molecular flexibility index (Phi) is 4.22. The van der Waals surface area contributed by atoms with Gasteiger partial charge in [-0.25, -0.2) is 0 Å². The highest BCUT2D eigenvalue weighted by molar-refractivity contribution is 8.15. The zero-order valence-corrected chi connectivity index (χ0v) is 14.2. The van der Waals surface area contributed by atoms with Gasteiger partial charge in [0.1, 0.15) is 4.75 Å². The van der Waals surface area contributed by atoms with Crippen molar-refractivity contribution in [2.45, 2.75) is 31.6 Å². The van der Waals surface area contributed by atoms with E-state index in [1.165, 1.54) is 17.3 Å². The number of hydrogen-bond donors (Lipinski definition) is 1. The molecule has 5 heteroatoms. The third kappa shape index (κ3) is 3.15. The number of thioether (sulfide) groups is 1. The van der Waals surface area contributed by atoms with Gasteiger partial charge in [-0.1, -0.05) is 41.6 Å². The van der Waals surface area contributed by atoms with Gasteiger partial charge in [0.25, 0.3) is 0 Å². The lowest BCUT2D eigenvalue weighted by molar-refractivity contribution is -0.121. The SMILES string of the molecule is Cc1ccc([C@@H](C)N=C2NC(=O)[C@](C)(c3ccncc3)S2)cc1. The first-order valence-electron chi connectivity index (χ1n) is 7.54. The Bertz CT molecular complexity index is 743. The van der Waals surface area contributed by atoms with Crippen LogP contribution >= 0.6 is 11.8 Å². The summed E-state index contributed by atoms with van der Waals surface area (Å²) < 4.78 is -0.658. The van der Waals surface area contributed by atoms with E-state index >= 15 is 0 Å². The van der Waals surface area contributed by atoms with Crippen molar-refractivity contribution in [1.82, 2.24) is 10.3 Å². The van der Waals surface area contributed by atoms with Crippen LogP contribution < -0.4 is 5.32 Å². The molecule has 3 rings (SSSR count). The van der Waals surface area contributed by atoms with E-state index in [-0.39, 0.29) is 11.9 Å². The number of benzene rings is 1. The third-order valence-electron chi connectivity index (χ3n) is 4.06. The summed E-state index contributed by atoms with van der Waals surface area (Å²) in [6.07, 6.45) is 3.41. The molecule has 1 N–H and O–H groups in total. The fourth-order valence-corrected chi connectivity index (χ4v) is 3.63. The lowest BCUT2D eigenvalue weighted by atomic mass is 10.0.